The molecule has 0 radical (unpaired) electrons. The van der Waals surface area contributed by atoms with Gasteiger partial charge in [0.05, 0.1) is 0 Å². The van der Waals surface area contributed by atoms with Crippen molar-refractivity contribution in [3.05, 3.63) is 18.2 Å². The number of ether oxygens (including phenoxy) is 2. The Morgan fingerprint density at radius 3 is 2.77 bits per heavy atom. The minimum atomic E-state index is -3.65. The summed E-state index contributed by atoms with van der Waals surface area (Å²) in [6, 6.07) is 4.83. The van der Waals surface area contributed by atoms with Crippen molar-refractivity contribution in [3.8, 4) is 11.5 Å². The van der Waals surface area contributed by atoms with E-state index in [0.29, 0.717) is 31.3 Å². The van der Waals surface area contributed by atoms with Gasteiger partial charge in [-0.3, -0.25) is 0 Å². The number of hydrogen-bond donors (Lipinski definition) is 2. The molecule has 1 saturated carbocycles. The van der Waals surface area contributed by atoms with Crippen LogP contribution in [-0.2, 0) is 10.0 Å². The molecule has 22 heavy (non-hydrogen) atoms. The first-order valence-electron chi connectivity index (χ1n) is 7.73. The lowest BCUT2D eigenvalue weighted by Gasteiger charge is -2.31. The predicted molar refractivity (Wildman–Crippen MR) is 82.6 cm³/mol. The van der Waals surface area contributed by atoms with Crippen LogP contribution in [0.1, 0.15) is 25.7 Å². The van der Waals surface area contributed by atoms with Gasteiger partial charge in [0, 0.05) is 6.04 Å². The minimum Gasteiger partial charge on any atom is -0.486 e. The molecule has 1 fully saturated rings. The highest BCUT2D eigenvalue weighted by molar-refractivity contribution is 7.89. The van der Waals surface area contributed by atoms with Crippen molar-refractivity contribution in [2.24, 2.45) is 11.7 Å². The molecule has 0 bridgehead atoms. The van der Waals surface area contributed by atoms with Crippen LogP contribution in [0.4, 0.5) is 0 Å². The molecule has 0 saturated heterocycles. The van der Waals surface area contributed by atoms with Crippen molar-refractivity contribution in [1.82, 2.24) is 4.72 Å². The Labute approximate surface area is 131 Å². The fourth-order valence-corrected chi connectivity index (χ4v) is 4.66. The summed E-state index contributed by atoms with van der Waals surface area (Å²) < 4.78 is 39.3. The lowest BCUT2D eigenvalue weighted by Crippen LogP contribution is -2.44. The largest absolute Gasteiger partial charge is 0.486 e. The van der Waals surface area contributed by atoms with E-state index in [1.54, 1.807) is 18.2 Å². The second-order valence-electron chi connectivity index (χ2n) is 5.79. The Hall–Kier alpha value is -1.31. The molecule has 3 N–H and O–H groups in total. The second kappa shape index (κ2) is 6.44. The van der Waals surface area contributed by atoms with Crippen LogP contribution < -0.4 is 19.9 Å². The van der Waals surface area contributed by atoms with Gasteiger partial charge in [-0.1, -0.05) is 18.9 Å². The number of rotatable bonds is 4. The molecule has 1 aliphatic heterocycles. The molecule has 0 spiro atoms. The molecule has 2 unspecified atom stereocenters. The van der Waals surface area contributed by atoms with Gasteiger partial charge in [-0.05, 0) is 37.4 Å². The lowest BCUT2D eigenvalue weighted by atomic mass is 9.85. The smallest absolute Gasteiger partial charge is 0.244 e. The van der Waals surface area contributed by atoms with Crippen molar-refractivity contribution >= 4 is 10.0 Å². The van der Waals surface area contributed by atoms with E-state index in [2.05, 4.69) is 4.72 Å². The van der Waals surface area contributed by atoms with Gasteiger partial charge >= 0.3 is 0 Å². The maximum Gasteiger partial charge on any atom is 0.244 e. The van der Waals surface area contributed by atoms with Crippen molar-refractivity contribution in [2.75, 3.05) is 19.8 Å². The third kappa shape index (κ3) is 3.06. The molecule has 122 valence electrons. The monoisotopic (exact) mass is 326 g/mol. The average Bonchev–Trinajstić information content (AvgIpc) is 2.54. The summed E-state index contributed by atoms with van der Waals surface area (Å²) in [5.41, 5.74) is 5.78. The van der Waals surface area contributed by atoms with Crippen LogP contribution in [0.15, 0.2) is 23.1 Å². The highest BCUT2D eigenvalue weighted by Gasteiger charge is 2.31. The first-order valence-corrected chi connectivity index (χ1v) is 9.21. The molecular weight excluding hydrogens is 304 g/mol. The Balaban J connectivity index is 1.87. The predicted octanol–water partition coefficient (Wildman–Crippen LogP) is 1.25. The number of nitrogens with two attached hydrogens (primary N) is 1. The van der Waals surface area contributed by atoms with E-state index in [0.717, 1.165) is 25.7 Å². The maximum atomic E-state index is 12.7. The number of nitrogens with one attached hydrogen (secondary N) is 1. The van der Waals surface area contributed by atoms with Crippen molar-refractivity contribution in [1.29, 1.82) is 0 Å². The summed E-state index contributed by atoms with van der Waals surface area (Å²) in [7, 11) is -3.65. The molecule has 1 aromatic rings. The fourth-order valence-electron chi connectivity index (χ4n) is 3.17. The lowest BCUT2D eigenvalue weighted by molar-refractivity contribution is 0.167. The summed E-state index contributed by atoms with van der Waals surface area (Å²) in [4.78, 5) is 0.144. The van der Waals surface area contributed by atoms with Crippen LogP contribution in [0, 0.1) is 5.92 Å². The van der Waals surface area contributed by atoms with Crippen molar-refractivity contribution < 1.29 is 17.9 Å². The first kappa shape index (κ1) is 15.6. The maximum absolute atomic E-state index is 12.7. The van der Waals surface area contributed by atoms with Crippen LogP contribution in [-0.4, -0.2) is 34.2 Å². The van der Waals surface area contributed by atoms with E-state index in [4.69, 9.17) is 15.2 Å². The topological polar surface area (TPSA) is 90.7 Å². The Kier molecular flexibility index (Phi) is 4.56. The second-order valence-corrected chi connectivity index (χ2v) is 7.47. The molecule has 7 heteroatoms. The third-order valence-electron chi connectivity index (χ3n) is 4.34. The highest BCUT2D eigenvalue weighted by Crippen LogP contribution is 2.37. The SMILES string of the molecule is NCC1CCCCC1NS(=O)(=O)c1cccc2c1OCCO2. The van der Waals surface area contributed by atoms with Crippen molar-refractivity contribution in [3.63, 3.8) is 0 Å². The first-order chi connectivity index (χ1) is 10.6. The summed E-state index contributed by atoms with van der Waals surface area (Å²) in [5, 5.41) is 0. The Bertz CT molecular complexity index is 632. The molecule has 1 aromatic carbocycles. The number of sulfonamides is 1. The molecular formula is C15H22N2O4S. The fraction of sp³-hybridized carbons (Fsp3) is 0.600. The van der Waals surface area contributed by atoms with Gasteiger partial charge in [0.25, 0.3) is 0 Å². The van der Waals surface area contributed by atoms with Crippen LogP contribution in [0.2, 0.25) is 0 Å². The zero-order valence-electron chi connectivity index (χ0n) is 12.5. The van der Waals surface area contributed by atoms with Gasteiger partial charge in [0.15, 0.2) is 11.5 Å². The summed E-state index contributed by atoms with van der Waals surface area (Å²) in [5.74, 6) is 0.981. The van der Waals surface area contributed by atoms with Gasteiger partial charge in [-0.2, -0.15) is 0 Å². The van der Waals surface area contributed by atoms with Gasteiger partial charge in [0.1, 0.15) is 18.1 Å². The summed E-state index contributed by atoms with van der Waals surface area (Å²) in [6.45, 7) is 1.29. The molecule has 0 aromatic heterocycles. The van der Waals surface area contributed by atoms with E-state index in [1.807, 2.05) is 0 Å². The Morgan fingerprint density at radius 1 is 1.18 bits per heavy atom. The van der Waals surface area contributed by atoms with E-state index in [9.17, 15) is 8.42 Å². The van der Waals surface area contributed by atoms with E-state index >= 15 is 0 Å². The zero-order chi connectivity index (χ0) is 15.6. The van der Waals surface area contributed by atoms with Gasteiger partial charge < -0.3 is 15.2 Å². The van der Waals surface area contributed by atoms with Crippen molar-refractivity contribution in [2.45, 2.75) is 36.6 Å². The third-order valence-corrected chi connectivity index (χ3v) is 5.85. The quantitative estimate of drug-likeness (QED) is 0.869. The standard InChI is InChI=1S/C15H22N2O4S/c16-10-11-4-1-2-5-12(11)17-22(18,19)14-7-3-6-13-15(14)21-9-8-20-13/h3,6-7,11-12,17H,1-2,4-5,8-10,16H2. The number of fused-ring (bicyclic) bond motifs is 1. The molecule has 0 amide bonds. The zero-order valence-corrected chi connectivity index (χ0v) is 13.3. The van der Waals surface area contributed by atoms with Crippen LogP contribution >= 0.6 is 0 Å². The molecule has 2 atom stereocenters. The number of hydrogen-bond acceptors (Lipinski definition) is 5. The number of benzene rings is 1. The molecule has 1 heterocycles. The molecule has 3 rings (SSSR count). The minimum absolute atomic E-state index is 0.107. The highest BCUT2D eigenvalue weighted by atomic mass is 32.2. The normalized spacial score (nSPS) is 25.0. The summed E-state index contributed by atoms with van der Waals surface area (Å²) >= 11 is 0. The van der Waals surface area contributed by atoms with Gasteiger partial charge in [0.2, 0.25) is 10.0 Å². The van der Waals surface area contributed by atoms with E-state index in [-0.39, 0.29) is 16.9 Å². The van der Waals surface area contributed by atoms with Crippen LogP contribution in [0.3, 0.4) is 0 Å². The van der Waals surface area contributed by atoms with E-state index in [1.165, 1.54) is 0 Å². The van der Waals surface area contributed by atoms with Crippen LogP contribution in [0.5, 0.6) is 11.5 Å². The van der Waals surface area contributed by atoms with Gasteiger partial charge in [-0.15, -0.1) is 0 Å². The van der Waals surface area contributed by atoms with E-state index < -0.39 is 10.0 Å². The molecule has 1 aliphatic carbocycles. The summed E-state index contributed by atoms with van der Waals surface area (Å²) in [6.07, 6.45) is 3.93. The number of para-hydroxylation sites is 1. The molecule has 2 aliphatic rings. The molecule has 6 nitrogen and oxygen atoms in total. The van der Waals surface area contributed by atoms with Crippen LogP contribution in [0.25, 0.3) is 0 Å². The van der Waals surface area contributed by atoms with Gasteiger partial charge in [-0.25, -0.2) is 13.1 Å². The average molecular weight is 326 g/mol. The Morgan fingerprint density at radius 2 is 1.95 bits per heavy atom.